The van der Waals surface area contributed by atoms with Gasteiger partial charge in [-0.3, -0.25) is 4.99 Å². The fourth-order valence-corrected chi connectivity index (χ4v) is 6.43. The number of halogens is 2. The highest BCUT2D eigenvalue weighted by molar-refractivity contribution is 8.13. The van der Waals surface area contributed by atoms with Crippen LogP contribution in [0.1, 0.15) is 5.56 Å². The van der Waals surface area contributed by atoms with Crippen molar-refractivity contribution in [1.29, 1.82) is 0 Å². The average Bonchev–Trinajstić information content (AvgIpc) is 3.04. The minimum atomic E-state index is -3.09. The Kier molecular flexibility index (Phi) is 4.71. The summed E-state index contributed by atoms with van der Waals surface area (Å²) in [6.45, 7) is 0. The number of hydrogen-bond donors (Lipinski definition) is 0. The van der Waals surface area contributed by atoms with Crippen molar-refractivity contribution in [2.75, 3.05) is 16.4 Å². The summed E-state index contributed by atoms with van der Waals surface area (Å²) in [5, 5.41) is 1.34. The number of anilines is 1. The van der Waals surface area contributed by atoms with E-state index >= 15 is 0 Å². The van der Waals surface area contributed by atoms with Crippen LogP contribution in [-0.2, 0) is 15.6 Å². The van der Waals surface area contributed by atoms with Gasteiger partial charge in [0.2, 0.25) is 0 Å². The summed E-state index contributed by atoms with van der Waals surface area (Å²) in [7, 11) is -3.09. The number of benzene rings is 2. The van der Waals surface area contributed by atoms with Crippen LogP contribution in [0.3, 0.4) is 0 Å². The second kappa shape index (κ2) is 6.87. The topological polar surface area (TPSA) is 49.7 Å². The zero-order chi connectivity index (χ0) is 18.3. The van der Waals surface area contributed by atoms with Crippen LogP contribution in [0.15, 0.2) is 53.5 Å². The number of rotatable bonds is 3. The molecule has 4 rings (SSSR count). The summed E-state index contributed by atoms with van der Waals surface area (Å²) in [6.07, 6.45) is 0. The molecule has 2 aromatic rings. The number of fused-ring (bicyclic) bond motifs is 1. The molecule has 0 aromatic heterocycles. The first-order valence-corrected chi connectivity index (χ1v) is 11.3. The number of amidine groups is 1. The first-order chi connectivity index (χ1) is 12.4. The Balaban J connectivity index is 1.63. The molecule has 0 unspecified atom stereocenters. The summed E-state index contributed by atoms with van der Waals surface area (Å²) in [5.41, 5.74) is 1.68. The molecule has 4 nitrogen and oxygen atoms in total. The van der Waals surface area contributed by atoms with Crippen molar-refractivity contribution in [3.05, 3.63) is 64.9 Å². The van der Waals surface area contributed by atoms with Gasteiger partial charge in [0.05, 0.1) is 23.6 Å². The van der Waals surface area contributed by atoms with Gasteiger partial charge >= 0.3 is 0 Å². The largest absolute Gasteiger partial charge is 0.315 e. The Morgan fingerprint density at radius 2 is 2.00 bits per heavy atom. The minimum Gasteiger partial charge on any atom is -0.315 e. The van der Waals surface area contributed by atoms with E-state index in [9.17, 15) is 12.8 Å². The minimum absolute atomic E-state index is 0.0682. The molecule has 0 spiro atoms. The van der Waals surface area contributed by atoms with E-state index in [1.54, 1.807) is 12.1 Å². The Morgan fingerprint density at radius 1 is 1.19 bits per heavy atom. The standard InChI is InChI=1S/C18H16ClFN2O2S2/c19-13-4-2-6-15(8-13)22-17-11-26(23,24)10-16(17)21-18(22)25-9-12-3-1-5-14(20)7-12/h1-8,16-17H,9-11H2/t16-,17+/m1/s1. The van der Waals surface area contributed by atoms with Gasteiger partial charge in [0.25, 0.3) is 0 Å². The third kappa shape index (κ3) is 3.61. The highest BCUT2D eigenvalue weighted by Gasteiger charge is 2.47. The lowest BCUT2D eigenvalue weighted by Crippen LogP contribution is -2.39. The van der Waals surface area contributed by atoms with E-state index in [0.717, 1.165) is 16.4 Å². The molecule has 0 radical (unpaired) electrons. The smallest absolute Gasteiger partial charge is 0.164 e. The normalized spacial score (nSPS) is 23.8. The van der Waals surface area contributed by atoms with Crippen LogP contribution in [0.25, 0.3) is 0 Å². The summed E-state index contributed by atoms with van der Waals surface area (Å²) in [5.74, 6) is 0.433. The van der Waals surface area contributed by atoms with Crippen molar-refractivity contribution < 1.29 is 12.8 Å². The van der Waals surface area contributed by atoms with Crippen LogP contribution in [0.5, 0.6) is 0 Å². The second-order valence-electron chi connectivity index (χ2n) is 6.39. The predicted octanol–water partition coefficient (Wildman–Crippen LogP) is 3.75. The van der Waals surface area contributed by atoms with Crippen LogP contribution < -0.4 is 4.90 Å². The molecule has 0 N–H and O–H groups in total. The quantitative estimate of drug-likeness (QED) is 0.773. The van der Waals surface area contributed by atoms with Crippen molar-refractivity contribution in [3.8, 4) is 0 Å². The highest BCUT2D eigenvalue weighted by atomic mass is 35.5. The molecule has 2 atom stereocenters. The molecule has 26 heavy (non-hydrogen) atoms. The Labute approximate surface area is 161 Å². The van der Waals surface area contributed by atoms with E-state index in [4.69, 9.17) is 11.6 Å². The van der Waals surface area contributed by atoms with Crippen LogP contribution in [-0.4, -0.2) is 37.2 Å². The average molecular weight is 411 g/mol. The zero-order valence-corrected chi connectivity index (χ0v) is 16.1. The summed E-state index contributed by atoms with van der Waals surface area (Å²) in [6, 6.07) is 13.3. The summed E-state index contributed by atoms with van der Waals surface area (Å²) in [4.78, 5) is 6.62. The Hall–Kier alpha value is -1.57. The van der Waals surface area contributed by atoms with Gasteiger partial charge in [0.15, 0.2) is 15.0 Å². The molecule has 1 saturated heterocycles. The van der Waals surface area contributed by atoms with Crippen LogP contribution in [0.2, 0.25) is 5.02 Å². The number of nitrogens with zero attached hydrogens (tertiary/aromatic N) is 2. The zero-order valence-electron chi connectivity index (χ0n) is 13.7. The van der Waals surface area contributed by atoms with Crippen molar-refractivity contribution in [3.63, 3.8) is 0 Å². The van der Waals surface area contributed by atoms with E-state index < -0.39 is 9.84 Å². The van der Waals surface area contributed by atoms with Gasteiger partial charge in [-0.1, -0.05) is 41.6 Å². The first-order valence-electron chi connectivity index (χ1n) is 8.11. The van der Waals surface area contributed by atoms with E-state index in [2.05, 4.69) is 4.99 Å². The van der Waals surface area contributed by atoms with Crippen molar-refractivity contribution in [1.82, 2.24) is 0 Å². The lowest BCUT2D eigenvalue weighted by molar-refractivity contribution is 0.601. The molecule has 0 amide bonds. The lowest BCUT2D eigenvalue weighted by Gasteiger charge is -2.26. The molecular weight excluding hydrogens is 395 g/mol. The summed E-state index contributed by atoms with van der Waals surface area (Å²) >= 11 is 7.61. The van der Waals surface area contributed by atoms with Crippen molar-refractivity contribution in [2.24, 2.45) is 4.99 Å². The molecular formula is C18H16ClFN2O2S2. The number of sulfone groups is 1. The monoisotopic (exact) mass is 410 g/mol. The van der Waals surface area contributed by atoms with Gasteiger partial charge in [0, 0.05) is 16.5 Å². The van der Waals surface area contributed by atoms with E-state index in [-0.39, 0.29) is 29.4 Å². The van der Waals surface area contributed by atoms with Gasteiger partial charge in [-0.15, -0.1) is 0 Å². The Bertz CT molecular complexity index is 981. The van der Waals surface area contributed by atoms with Gasteiger partial charge in [-0.2, -0.15) is 0 Å². The van der Waals surface area contributed by atoms with Crippen molar-refractivity contribution in [2.45, 2.75) is 17.8 Å². The number of aliphatic imine (C=N–C) groups is 1. The first kappa shape index (κ1) is 17.8. The molecule has 136 valence electrons. The van der Waals surface area contributed by atoms with Crippen LogP contribution in [0, 0.1) is 5.82 Å². The molecule has 0 bridgehead atoms. The molecule has 8 heteroatoms. The van der Waals surface area contributed by atoms with Crippen LogP contribution in [0.4, 0.5) is 10.1 Å². The second-order valence-corrected chi connectivity index (χ2v) is 9.92. The van der Waals surface area contributed by atoms with Gasteiger partial charge in [0.1, 0.15) is 5.82 Å². The maximum Gasteiger partial charge on any atom is 0.164 e. The van der Waals surface area contributed by atoms with Gasteiger partial charge in [-0.25, -0.2) is 12.8 Å². The van der Waals surface area contributed by atoms with Gasteiger partial charge in [-0.05, 0) is 35.9 Å². The number of thioether (sulfide) groups is 1. The predicted molar refractivity (Wildman–Crippen MR) is 105 cm³/mol. The molecule has 1 fully saturated rings. The third-order valence-electron chi connectivity index (χ3n) is 4.45. The van der Waals surface area contributed by atoms with E-state index in [1.807, 2.05) is 29.2 Å². The maximum atomic E-state index is 13.4. The molecule has 2 aliphatic heterocycles. The molecule has 0 saturated carbocycles. The summed E-state index contributed by atoms with van der Waals surface area (Å²) < 4.78 is 37.5. The molecule has 2 aliphatic rings. The molecule has 0 aliphatic carbocycles. The SMILES string of the molecule is O=S1(=O)C[C@H]2N=C(SCc3cccc(F)c3)N(c3cccc(Cl)c3)[C@H]2C1. The highest BCUT2D eigenvalue weighted by Crippen LogP contribution is 2.36. The maximum absolute atomic E-state index is 13.4. The molecule has 2 heterocycles. The number of hydrogen-bond acceptors (Lipinski definition) is 5. The van der Waals surface area contributed by atoms with Crippen molar-refractivity contribution >= 4 is 44.1 Å². The fourth-order valence-electron chi connectivity index (χ4n) is 3.34. The van der Waals surface area contributed by atoms with Gasteiger partial charge < -0.3 is 4.90 Å². The Morgan fingerprint density at radius 3 is 2.77 bits per heavy atom. The van der Waals surface area contributed by atoms with Crippen LogP contribution >= 0.6 is 23.4 Å². The van der Waals surface area contributed by atoms with E-state index in [1.165, 1.54) is 23.9 Å². The fraction of sp³-hybridized carbons (Fsp3) is 0.278. The lowest BCUT2D eigenvalue weighted by atomic mass is 10.1. The third-order valence-corrected chi connectivity index (χ3v) is 7.42. The van der Waals surface area contributed by atoms with E-state index in [0.29, 0.717) is 10.8 Å². The molecule has 2 aromatic carbocycles.